The highest BCUT2D eigenvalue weighted by Gasteiger charge is 2.55. The van der Waals surface area contributed by atoms with Crippen LogP contribution in [0.2, 0.25) is 0 Å². The zero-order valence-corrected chi connectivity index (χ0v) is 10.4. The lowest BCUT2D eigenvalue weighted by molar-refractivity contribution is -0.125. The van der Waals surface area contributed by atoms with E-state index in [-0.39, 0.29) is 18.7 Å². The van der Waals surface area contributed by atoms with E-state index in [0.717, 1.165) is 0 Å². The van der Waals surface area contributed by atoms with Crippen molar-refractivity contribution in [2.75, 3.05) is 14.1 Å². The average molecular weight is 254 g/mol. The summed E-state index contributed by atoms with van der Waals surface area (Å²) in [6, 6.07) is 6.57. The lowest BCUT2D eigenvalue weighted by atomic mass is 9.70. The summed E-state index contributed by atoms with van der Waals surface area (Å²) in [7, 11) is 3.32. The van der Waals surface area contributed by atoms with Crippen LogP contribution in [-0.2, 0) is 5.54 Å². The van der Waals surface area contributed by atoms with E-state index in [0.29, 0.717) is 11.1 Å². The molecular formula is C13H16F2N2O. The van der Waals surface area contributed by atoms with Crippen molar-refractivity contribution in [1.82, 2.24) is 4.90 Å². The molecule has 0 heterocycles. The van der Waals surface area contributed by atoms with Crippen molar-refractivity contribution in [2.45, 2.75) is 24.3 Å². The first-order chi connectivity index (χ1) is 8.23. The number of nitrogens with zero attached hydrogens (tertiary/aromatic N) is 1. The monoisotopic (exact) mass is 254 g/mol. The van der Waals surface area contributed by atoms with Gasteiger partial charge in [-0.15, -0.1) is 0 Å². The van der Waals surface area contributed by atoms with E-state index in [1.54, 1.807) is 38.4 Å². The molecule has 0 unspecified atom stereocenters. The topological polar surface area (TPSA) is 46.3 Å². The van der Waals surface area contributed by atoms with Gasteiger partial charge in [0.15, 0.2) is 0 Å². The minimum absolute atomic E-state index is 0.119. The summed E-state index contributed by atoms with van der Waals surface area (Å²) in [4.78, 5) is 13.1. The van der Waals surface area contributed by atoms with E-state index in [1.807, 2.05) is 0 Å². The summed E-state index contributed by atoms with van der Waals surface area (Å²) in [6.45, 7) is 0. The molecule has 18 heavy (non-hydrogen) atoms. The molecule has 0 aromatic heterocycles. The van der Waals surface area contributed by atoms with Crippen molar-refractivity contribution < 1.29 is 13.6 Å². The molecule has 0 atom stereocenters. The van der Waals surface area contributed by atoms with Crippen molar-refractivity contribution in [1.29, 1.82) is 0 Å². The Balaban J connectivity index is 2.17. The summed E-state index contributed by atoms with van der Waals surface area (Å²) in [5, 5.41) is 0. The van der Waals surface area contributed by atoms with Crippen LogP contribution in [0.15, 0.2) is 24.3 Å². The molecule has 0 radical (unpaired) electrons. The third kappa shape index (κ3) is 2.22. The molecule has 0 spiro atoms. The minimum atomic E-state index is -2.66. The first-order valence-corrected chi connectivity index (χ1v) is 5.72. The fraction of sp³-hybridized carbons (Fsp3) is 0.462. The van der Waals surface area contributed by atoms with Crippen molar-refractivity contribution in [3.63, 3.8) is 0 Å². The molecule has 98 valence electrons. The number of carbonyl (C=O) groups is 1. The summed E-state index contributed by atoms with van der Waals surface area (Å²) in [6.07, 6.45) is -0.665. The van der Waals surface area contributed by atoms with Gasteiger partial charge >= 0.3 is 0 Å². The fourth-order valence-electron chi connectivity index (χ4n) is 2.28. The molecule has 3 nitrogen and oxygen atoms in total. The van der Waals surface area contributed by atoms with Crippen LogP contribution >= 0.6 is 0 Å². The first-order valence-electron chi connectivity index (χ1n) is 5.72. The molecule has 0 aliphatic heterocycles. The number of hydrogen-bond acceptors (Lipinski definition) is 2. The molecule has 1 aromatic carbocycles. The lowest BCUT2D eigenvalue weighted by Gasteiger charge is -2.44. The van der Waals surface area contributed by atoms with Crippen molar-refractivity contribution in [2.24, 2.45) is 5.73 Å². The van der Waals surface area contributed by atoms with Crippen LogP contribution < -0.4 is 5.73 Å². The van der Waals surface area contributed by atoms with Crippen molar-refractivity contribution >= 4 is 5.91 Å². The SMILES string of the molecule is CN(C)C(=O)c1ccc(C2(N)CC(F)(F)C2)cc1. The molecular weight excluding hydrogens is 238 g/mol. The predicted molar refractivity (Wildman–Crippen MR) is 64.5 cm³/mol. The van der Waals surface area contributed by atoms with Gasteiger partial charge in [0.25, 0.3) is 11.8 Å². The van der Waals surface area contributed by atoms with Crippen LogP contribution in [0.3, 0.4) is 0 Å². The van der Waals surface area contributed by atoms with Crippen LogP contribution in [-0.4, -0.2) is 30.8 Å². The van der Waals surface area contributed by atoms with E-state index in [2.05, 4.69) is 0 Å². The minimum Gasteiger partial charge on any atom is -0.345 e. The van der Waals surface area contributed by atoms with Gasteiger partial charge in [0, 0.05) is 32.5 Å². The highest BCUT2D eigenvalue weighted by molar-refractivity contribution is 5.93. The molecule has 2 rings (SSSR count). The molecule has 2 N–H and O–H groups in total. The predicted octanol–water partition coefficient (Wildman–Crippen LogP) is 1.97. The lowest BCUT2D eigenvalue weighted by Crippen LogP contribution is -2.55. The maximum Gasteiger partial charge on any atom is 0.253 e. The van der Waals surface area contributed by atoms with Gasteiger partial charge in [0.1, 0.15) is 0 Å². The number of amides is 1. The highest BCUT2D eigenvalue weighted by Crippen LogP contribution is 2.49. The molecule has 1 aliphatic rings. The first kappa shape index (κ1) is 13.0. The van der Waals surface area contributed by atoms with Gasteiger partial charge in [-0.1, -0.05) is 12.1 Å². The Bertz CT molecular complexity index is 460. The maximum atomic E-state index is 12.9. The quantitative estimate of drug-likeness (QED) is 0.877. The average Bonchev–Trinajstić information content (AvgIpc) is 2.25. The zero-order chi connectivity index (χ0) is 13.6. The molecule has 0 saturated heterocycles. The van der Waals surface area contributed by atoms with E-state index < -0.39 is 11.5 Å². The normalized spacial score (nSPS) is 20.1. The Morgan fingerprint density at radius 2 is 1.72 bits per heavy atom. The Kier molecular flexibility index (Phi) is 2.89. The van der Waals surface area contributed by atoms with E-state index in [4.69, 9.17) is 5.73 Å². The number of hydrogen-bond donors (Lipinski definition) is 1. The van der Waals surface area contributed by atoms with Gasteiger partial charge in [-0.25, -0.2) is 8.78 Å². The largest absolute Gasteiger partial charge is 0.345 e. The van der Waals surface area contributed by atoms with Gasteiger partial charge in [-0.2, -0.15) is 0 Å². The van der Waals surface area contributed by atoms with Crippen molar-refractivity contribution in [3.8, 4) is 0 Å². The van der Waals surface area contributed by atoms with Gasteiger partial charge in [0.05, 0.1) is 5.54 Å². The summed E-state index contributed by atoms with van der Waals surface area (Å²) in [5.41, 5.74) is 6.14. The number of carbonyl (C=O) groups excluding carboxylic acids is 1. The van der Waals surface area contributed by atoms with Crippen LogP contribution in [0.5, 0.6) is 0 Å². The number of rotatable bonds is 2. The Labute approximate surface area is 105 Å². The van der Waals surface area contributed by atoms with Crippen LogP contribution in [0.25, 0.3) is 0 Å². The zero-order valence-electron chi connectivity index (χ0n) is 10.4. The van der Waals surface area contributed by atoms with Crippen LogP contribution in [0.4, 0.5) is 8.78 Å². The number of nitrogens with two attached hydrogens (primary N) is 1. The molecule has 1 amide bonds. The molecule has 5 heteroatoms. The maximum absolute atomic E-state index is 12.9. The van der Waals surface area contributed by atoms with Crippen LogP contribution in [0, 0.1) is 0 Å². The standard InChI is InChI=1S/C13H16F2N2O/c1-17(2)11(18)9-3-5-10(6-4-9)12(16)7-13(14,15)8-12/h3-6H,7-8,16H2,1-2H3. The van der Waals surface area contributed by atoms with E-state index >= 15 is 0 Å². The van der Waals surface area contributed by atoms with E-state index in [9.17, 15) is 13.6 Å². The molecule has 1 aromatic rings. The van der Waals surface area contributed by atoms with Crippen molar-refractivity contribution in [3.05, 3.63) is 35.4 Å². The molecule has 1 aliphatic carbocycles. The highest BCUT2D eigenvalue weighted by atomic mass is 19.3. The van der Waals surface area contributed by atoms with Crippen LogP contribution in [0.1, 0.15) is 28.8 Å². The number of benzene rings is 1. The second-order valence-electron chi connectivity index (χ2n) is 5.14. The Morgan fingerprint density at radius 3 is 2.11 bits per heavy atom. The Morgan fingerprint density at radius 1 is 1.22 bits per heavy atom. The van der Waals surface area contributed by atoms with Gasteiger partial charge in [0.2, 0.25) is 0 Å². The fourth-order valence-corrected chi connectivity index (χ4v) is 2.28. The Hall–Kier alpha value is -1.49. The summed E-state index contributed by atoms with van der Waals surface area (Å²) in [5.74, 6) is -2.78. The van der Waals surface area contributed by atoms with Gasteiger partial charge in [-0.3, -0.25) is 4.79 Å². The summed E-state index contributed by atoms with van der Waals surface area (Å²) < 4.78 is 25.8. The number of halogens is 2. The van der Waals surface area contributed by atoms with Gasteiger partial charge in [-0.05, 0) is 17.7 Å². The van der Waals surface area contributed by atoms with Gasteiger partial charge < -0.3 is 10.6 Å². The second-order valence-corrected chi connectivity index (χ2v) is 5.14. The number of alkyl halides is 2. The summed E-state index contributed by atoms with van der Waals surface area (Å²) >= 11 is 0. The van der Waals surface area contributed by atoms with E-state index in [1.165, 1.54) is 4.90 Å². The smallest absolute Gasteiger partial charge is 0.253 e. The third-order valence-corrected chi connectivity index (χ3v) is 3.26. The third-order valence-electron chi connectivity index (χ3n) is 3.26. The second kappa shape index (κ2) is 4.02. The molecule has 1 saturated carbocycles. The molecule has 1 fully saturated rings. The molecule has 0 bridgehead atoms.